The van der Waals surface area contributed by atoms with Gasteiger partial charge in [-0.25, -0.2) is 4.99 Å². The first-order valence-electron chi connectivity index (χ1n) is 10.8. The van der Waals surface area contributed by atoms with Crippen LogP contribution in [0, 0.1) is 0 Å². The fourth-order valence-electron chi connectivity index (χ4n) is 4.06. The molecule has 3 aromatic rings. The number of carbonyl (C=O) groups is 1. The number of anilines is 2. The van der Waals surface area contributed by atoms with E-state index in [9.17, 15) is 9.59 Å². The van der Waals surface area contributed by atoms with E-state index >= 15 is 0 Å². The number of aromatic nitrogens is 1. The van der Waals surface area contributed by atoms with Crippen LogP contribution in [0.3, 0.4) is 0 Å². The third-order valence-corrected chi connectivity index (χ3v) is 6.82. The minimum atomic E-state index is -0.492. The summed E-state index contributed by atoms with van der Waals surface area (Å²) < 4.78 is 2.26. The van der Waals surface area contributed by atoms with E-state index in [1.807, 2.05) is 99.5 Å². The smallest absolute Gasteiger partial charge is 0.271 e. The summed E-state index contributed by atoms with van der Waals surface area (Å²) in [6.45, 7) is 3.38. The molecule has 0 fully saturated rings. The van der Waals surface area contributed by atoms with Crippen molar-refractivity contribution < 1.29 is 4.79 Å². The van der Waals surface area contributed by atoms with Crippen molar-refractivity contribution in [2.45, 2.75) is 19.9 Å². The van der Waals surface area contributed by atoms with Gasteiger partial charge in [-0.1, -0.05) is 35.6 Å². The molecular formula is C26H28N4O2S. The second-order valence-electron chi connectivity index (χ2n) is 8.61. The Morgan fingerprint density at radius 2 is 1.52 bits per heavy atom. The van der Waals surface area contributed by atoms with Crippen LogP contribution in [0.2, 0.25) is 0 Å². The van der Waals surface area contributed by atoms with Crippen molar-refractivity contribution in [2.24, 2.45) is 4.99 Å². The van der Waals surface area contributed by atoms with Gasteiger partial charge in [0, 0.05) is 50.8 Å². The Labute approximate surface area is 197 Å². The summed E-state index contributed by atoms with van der Waals surface area (Å²) in [5.74, 6) is -0.0773. The molecule has 1 aliphatic rings. The lowest BCUT2D eigenvalue weighted by Gasteiger charge is -2.25. The predicted octanol–water partition coefficient (Wildman–Crippen LogP) is 2.96. The van der Waals surface area contributed by atoms with E-state index in [1.165, 1.54) is 18.3 Å². The number of rotatable bonds is 5. The molecule has 2 heterocycles. The standard InChI is InChI=1S/C26H28N4O2S/c1-16-23(17(2)31)24(19-9-13-21(14-10-19)29(5)6)30-25(32)22(33-26(30)27-16)15-18-7-11-20(12-8-18)28(3)4/h7-15,24H,1-6H3/b22-15-/t24-/m1/s1. The van der Waals surface area contributed by atoms with Gasteiger partial charge in [0.1, 0.15) is 0 Å². The van der Waals surface area contributed by atoms with Crippen molar-refractivity contribution in [3.63, 3.8) is 0 Å². The number of hydrogen-bond donors (Lipinski definition) is 0. The molecule has 4 rings (SSSR count). The Bertz CT molecular complexity index is 1410. The van der Waals surface area contributed by atoms with Gasteiger partial charge in [0.15, 0.2) is 10.6 Å². The lowest BCUT2D eigenvalue weighted by Crippen LogP contribution is -2.39. The lowest BCUT2D eigenvalue weighted by atomic mass is 9.93. The SMILES string of the molecule is CC(=O)C1=C(C)N=c2s/c(=C\c3ccc(N(C)C)cc3)c(=O)n2[C@@H]1c1ccc(N(C)C)cc1. The van der Waals surface area contributed by atoms with Crippen molar-refractivity contribution in [2.75, 3.05) is 38.0 Å². The van der Waals surface area contributed by atoms with Crippen LogP contribution >= 0.6 is 11.3 Å². The molecule has 0 N–H and O–H groups in total. The average molecular weight is 461 g/mol. The molecule has 7 heteroatoms. The molecule has 1 atom stereocenters. The zero-order valence-electron chi connectivity index (χ0n) is 19.8. The van der Waals surface area contributed by atoms with E-state index in [2.05, 4.69) is 4.99 Å². The molecule has 1 aliphatic heterocycles. The van der Waals surface area contributed by atoms with Crippen LogP contribution in [-0.2, 0) is 4.79 Å². The molecule has 33 heavy (non-hydrogen) atoms. The maximum atomic E-state index is 13.6. The fraction of sp³-hybridized carbons (Fsp3) is 0.269. The molecule has 0 saturated heterocycles. The minimum Gasteiger partial charge on any atom is -0.378 e. The minimum absolute atomic E-state index is 0.0773. The van der Waals surface area contributed by atoms with Crippen LogP contribution in [0.15, 0.2) is 69.6 Å². The number of thiazole rings is 1. The van der Waals surface area contributed by atoms with Crippen LogP contribution in [0.25, 0.3) is 6.08 Å². The number of allylic oxidation sites excluding steroid dienone is 2. The van der Waals surface area contributed by atoms with Crippen molar-refractivity contribution >= 4 is 34.6 Å². The number of carbonyl (C=O) groups excluding carboxylic acids is 1. The highest BCUT2D eigenvalue weighted by molar-refractivity contribution is 7.07. The summed E-state index contributed by atoms with van der Waals surface area (Å²) in [5.41, 5.74) is 5.06. The van der Waals surface area contributed by atoms with Crippen molar-refractivity contribution in [3.8, 4) is 0 Å². The summed E-state index contributed by atoms with van der Waals surface area (Å²) >= 11 is 1.36. The Balaban J connectivity index is 1.88. The zero-order chi connectivity index (χ0) is 23.9. The van der Waals surface area contributed by atoms with Gasteiger partial charge in [-0.15, -0.1) is 0 Å². The van der Waals surface area contributed by atoms with Crippen LogP contribution in [0.5, 0.6) is 0 Å². The Morgan fingerprint density at radius 3 is 2.03 bits per heavy atom. The molecule has 1 aromatic heterocycles. The first kappa shape index (κ1) is 22.7. The van der Waals surface area contributed by atoms with Crippen LogP contribution in [0.1, 0.15) is 31.0 Å². The van der Waals surface area contributed by atoms with E-state index in [-0.39, 0.29) is 11.3 Å². The second kappa shape index (κ2) is 8.83. The second-order valence-corrected chi connectivity index (χ2v) is 9.62. The molecule has 0 radical (unpaired) electrons. The molecule has 0 aliphatic carbocycles. The molecule has 0 saturated carbocycles. The van der Waals surface area contributed by atoms with Crippen LogP contribution in [0.4, 0.5) is 11.4 Å². The zero-order valence-corrected chi connectivity index (χ0v) is 20.6. The predicted molar refractivity (Wildman–Crippen MR) is 136 cm³/mol. The first-order chi connectivity index (χ1) is 15.7. The molecular weight excluding hydrogens is 432 g/mol. The number of Topliss-reactive ketones (excluding diaryl/α,β-unsaturated/α-hetero) is 1. The average Bonchev–Trinajstić information content (AvgIpc) is 3.07. The van der Waals surface area contributed by atoms with Gasteiger partial charge >= 0.3 is 0 Å². The van der Waals surface area contributed by atoms with Gasteiger partial charge < -0.3 is 9.80 Å². The highest BCUT2D eigenvalue weighted by atomic mass is 32.1. The normalized spacial score (nSPS) is 15.8. The third-order valence-electron chi connectivity index (χ3n) is 5.83. The summed E-state index contributed by atoms with van der Waals surface area (Å²) in [4.78, 5) is 35.5. The maximum Gasteiger partial charge on any atom is 0.271 e. The van der Waals surface area contributed by atoms with Gasteiger partial charge in [-0.05, 0) is 55.3 Å². The Kier molecular flexibility index (Phi) is 6.08. The first-order valence-corrected chi connectivity index (χ1v) is 11.6. The fourth-order valence-corrected chi connectivity index (χ4v) is 5.11. The number of fused-ring (bicyclic) bond motifs is 1. The van der Waals surface area contributed by atoms with E-state index in [0.717, 1.165) is 22.5 Å². The van der Waals surface area contributed by atoms with E-state index in [0.29, 0.717) is 20.6 Å². The van der Waals surface area contributed by atoms with Gasteiger partial charge in [-0.3, -0.25) is 14.2 Å². The van der Waals surface area contributed by atoms with Gasteiger partial charge in [0.2, 0.25) is 0 Å². The van der Waals surface area contributed by atoms with E-state index < -0.39 is 6.04 Å². The van der Waals surface area contributed by atoms with E-state index in [1.54, 1.807) is 4.57 Å². The monoisotopic (exact) mass is 460 g/mol. The Hall–Kier alpha value is -3.45. The van der Waals surface area contributed by atoms with Gasteiger partial charge in [0.05, 0.1) is 10.6 Å². The molecule has 0 amide bonds. The quantitative estimate of drug-likeness (QED) is 0.588. The lowest BCUT2D eigenvalue weighted by molar-refractivity contribution is -0.114. The Morgan fingerprint density at radius 1 is 0.970 bits per heavy atom. The van der Waals surface area contributed by atoms with Gasteiger partial charge in [-0.2, -0.15) is 0 Å². The third kappa shape index (κ3) is 4.28. The van der Waals surface area contributed by atoms with Crippen molar-refractivity contribution in [1.29, 1.82) is 0 Å². The van der Waals surface area contributed by atoms with E-state index in [4.69, 9.17) is 0 Å². The number of ketones is 1. The number of nitrogens with zero attached hydrogens (tertiary/aromatic N) is 4. The topological polar surface area (TPSA) is 57.9 Å². The largest absolute Gasteiger partial charge is 0.378 e. The highest BCUT2D eigenvalue weighted by Gasteiger charge is 2.30. The van der Waals surface area contributed by atoms with Crippen LogP contribution < -0.4 is 24.7 Å². The molecule has 2 aromatic carbocycles. The summed E-state index contributed by atoms with van der Waals surface area (Å²) in [5, 5.41) is 0. The molecule has 170 valence electrons. The maximum absolute atomic E-state index is 13.6. The number of hydrogen-bond acceptors (Lipinski definition) is 6. The van der Waals surface area contributed by atoms with Crippen molar-refractivity contribution in [3.05, 3.63) is 90.6 Å². The highest BCUT2D eigenvalue weighted by Crippen LogP contribution is 2.31. The van der Waals surface area contributed by atoms with Gasteiger partial charge in [0.25, 0.3) is 5.56 Å². The number of benzene rings is 2. The molecule has 0 unspecified atom stereocenters. The molecule has 0 bridgehead atoms. The summed E-state index contributed by atoms with van der Waals surface area (Å²) in [6.07, 6.45) is 1.89. The molecule has 0 spiro atoms. The summed E-state index contributed by atoms with van der Waals surface area (Å²) in [6, 6.07) is 15.5. The summed E-state index contributed by atoms with van der Waals surface area (Å²) in [7, 11) is 7.95. The molecule has 6 nitrogen and oxygen atoms in total. The van der Waals surface area contributed by atoms with Crippen molar-refractivity contribution in [1.82, 2.24) is 4.57 Å². The van der Waals surface area contributed by atoms with Crippen LogP contribution in [-0.4, -0.2) is 38.5 Å².